The summed E-state index contributed by atoms with van der Waals surface area (Å²) < 4.78 is 1.77. The largest absolute Gasteiger partial charge is 0.494 e. The van der Waals surface area contributed by atoms with Crippen LogP contribution in [-0.2, 0) is 7.05 Å². The Hall–Kier alpha value is -2.10. The number of aromatic nitrogens is 1. The second-order valence-electron chi connectivity index (χ2n) is 4.57. The molecule has 1 aromatic heterocycles. The van der Waals surface area contributed by atoms with Crippen LogP contribution in [0.5, 0.6) is 5.88 Å². The van der Waals surface area contributed by atoms with E-state index in [0.717, 1.165) is 9.04 Å². The molecule has 0 bridgehead atoms. The third-order valence-electron chi connectivity index (χ3n) is 3.21. The molecule has 0 saturated heterocycles. The van der Waals surface area contributed by atoms with Crippen molar-refractivity contribution in [1.82, 2.24) is 4.57 Å². The number of nitrogens with zero attached hydrogens (tertiary/aromatic N) is 3. The first-order valence-electron chi connectivity index (χ1n) is 6.18. The van der Waals surface area contributed by atoms with E-state index in [2.05, 4.69) is 20.9 Å². The normalized spacial score (nSPS) is 10.9. The minimum atomic E-state index is -0.540. The number of rotatable bonds is 2. The maximum absolute atomic E-state index is 11.9. The zero-order chi connectivity index (χ0) is 16.4. The van der Waals surface area contributed by atoms with Gasteiger partial charge in [-0.1, -0.05) is 11.6 Å². The van der Waals surface area contributed by atoms with E-state index < -0.39 is 5.56 Å². The number of aromatic hydroxyl groups is 1. The Labute approximate surface area is 140 Å². The molecular formula is C15H11BrClN3O2. The highest BCUT2D eigenvalue weighted by Gasteiger charge is 2.15. The molecule has 0 amide bonds. The molecule has 0 radical (unpaired) electrons. The zero-order valence-corrected chi connectivity index (χ0v) is 14.1. The molecule has 0 unspecified atom stereocenters. The molecule has 1 heterocycles. The smallest absolute Gasteiger partial charge is 0.271 e. The summed E-state index contributed by atoms with van der Waals surface area (Å²) in [6.45, 7) is 1.59. The lowest BCUT2D eigenvalue weighted by molar-refractivity contribution is 0.421. The Bertz CT molecular complexity index is 882. The fraction of sp³-hybridized carbons (Fsp3) is 0.133. The maximum atomic E-state index is 11.9. The molecule has 0 aliphatic carbocycles. The number of pyridine rings is 1. The van der Waals surface area contributed by atoms with E-state index in [-0.39, 0.29) is 11.4 Å². The van der Waals surface area contributed by atoms with Crippen molar-refractivity contribution in [1.29, 1.82) is 5.26 Å². The van der Waals surface area contributed by atoms with Crippen LogP contribution in [0, 0.1) is 18.3 Å². The van der Waals surface area contributed by atoms with E-state index in [1.54, 1.807) is 25.1 Å². The van der Waals surface area contributed by atoms with E-state index in [0.29, 0.717) is 21.8 Å². The molecule has 112 valence electrons. The highest BCUT2D eigenvalue weighted by Crippen LogP contribution is 2.27. The third-order valence-corrected chi connectivity index (χ3v) is 4.45. The van der Waals surface area contributed by atoms with Gasteiger partial charge in [0.05, 0.1) is 16.3 Å². The first-order valence-corrected chi connectivity index (χ1v) is 7.35. The van der Waals surface area contributed by atoms with Crippen molar-refractivity contribution in [2.75, 3.05) is 0 Å². The molecule has 0 saturated carbocycles. The molecule has 1 aromatic carbocycles. The van der Waals surface area contributed by atoms with Crippen LogP contribution in [0.1, 0.15) is 16.7 Å². The molecule has 5 nitrogen and oxygen atoms in total. The van der Waals surface area contributed by atoms with Gasteiger partial charge in [-0.25, -0.2) is 0 Å². The zero-order valence-electron chi connectivity index (χ0n) is 11.8. The lowest BCUT2D eigenvalue weighted by Gasteiger charge is -2.09. The lowest BCUT2D eigenvalue weighted by Crippen LogP contribution is -2.22. The SMILES string of the molecule is Cc1c(C=Nc2ccc(Br)c(Cl)c2)c(O)n(C)c(=O)c1C#N. The van der Waals surface area contributed by atoms with Gasteiger partial charge in [0.25, 0.3) is 5.56 Å². The van der Waals surface area contributed by atoms with Crippen LogP contribution in [0.2, 0.25) is 5.02 Å². The van der Waals surface area contributed by atoms with Crippen LogP contribution >= 0.6 is 27.5 Å². The van der Waals surface area contributed by atoms with Crippen LogP contribution in [-0.4, -0.2) is 15.9 Å². The fourth-order valence-electron chi connectivity index (χ4n) is 1.90. The number of hydrogen-bond acceptors (Lipinski definition) is 4. The van der Waals surface area contributed by atoms with Gasteiger partial charge >= 0.3 is 0 Å². The van der Waals surface area contributed by atoms with Gasteiger partial charge in [0.15, 0.2) is 0 Å². The summed E-state index contributed by atoms with van der Waals surface area (Å²) in [5, 5.41) is 19.7. The highest BCUT2D eigenvalue weighted by molar-refractivity contribution is 9.10. The summed E-state index contributed by atoms with van der Waals surface area (Å²) in [6, 6.07) is 7.00. The molecule has 0 aliphatic heterocycles. The number of benzene rings is 1. The van der Waals surface area contributed by atoms with Crippen LogP contribution < -0.4 is 5.56 Å². The van der Waals surface area contributed by atoms with E-state index in [4.69, 9.17) is 16.9 Å². The van der Waals surface area contributed by atoms with E-state index in [9.17, 15) is 9.90 Å². The Morgan fingerprint density at radius 3 is 2.77 bits per heavy atom. The quantitative estimate of drug-likeness (QED) is 0.811. The minimum absolute atomic E-state index is 0.0180. The summed E-state index contributed by atoms with van der Waals surface area (Å²) in [4.78, 5) is 16.1. The van der Waals surface area contributed by atoms with Crippen LogP contribution in [0.15, 0.2) is 32.5 Å². The average Bonchev–Trinajstić information content (AvgIpc) is 2.49. The summed E-state index contributed by atoms with van der Waals surface area (Å²) in [5.41, 5.74) is 0.726. The van der Waals surface area contributed by atoms with Gasteiger partial charge in [-0.05, 0) is 46.6 Å². The highest BCUT2D eigenvalue weighted by atomic mass is 79.9. The average molecular weight is 381 g/mol. The van der Waals surface area contributed by atoms with Crippen molar-refractivity contribution in [2.45, 2.75) is 6.92 Å². The topological polar surface area (TPSA) is 78.4 Å². The molecule has 1 N–H and O–H groups in total. The molecular weight excluding hydrogens is 370 g/mol. The summed E-state index contributed by atoms with van der Waals surface area (Å²) >= 11 is 9.28. The summed E-state index contributed by atoms with van der Waals surface area (Å²) in [6.07, 6.45) is 1.41. The predicted octanol–water partition coefficient (Wildman–Crippen LogP) is 3.44. The first kappa shape index (κ1) is 16.3. The fourth-order valence-corrected chi connectivity index (χ4v) is 2.32. The molecule has 0 spiro atoms. The second kappa shape index (κ2) is 6.34. The second-order valence-corrected chi connectivity index (χ2v) is 5.83. The first-order chi connectivity index (χ1) is 10.4. The van der Waals surface area contributed by atoms with E-state index >= 15 is 0 Å². The van der Waals surface area contributed by atoms with Crippen molar-refractivity contribution in [3.63, 3.8) is 0 Å². The van der Waals surface area contributed by atoms with Crippen LogP contribution in [0.25, 0.3) is 0 Å². The lowest BCUT2D eigenvalue weighted by atomic mass is 10.1. The maximum Gasteiger partial charge on any atom is 0.271 e. The monoisotopic (exact) mass is 379 g/mol. The van der Waals surface area contributed by atoms with Crippen molar-refractivity contribution in [2.24, 2.45) is 12.0 Å². The number of aliphatic imine (C=N–C) groups is 1. The van der Waals surface area contributed by atoms with Crippen molar-refractivity contribution in [3.8, 4) is 11.9 Å². The van der Waals surface area contributed by atoms with Gasteiger partial charge < -0.3 is 5.11 Å². The molecule has 0 atom stereocenters. The van der Waals surface area contributed by atoms with Crippen LogP contribution in [0.4, 0.5) is 5.69 Å². The number of halogens is 2. The molecule has 0 aliphatic rings. The Morgan fingerprint density at radius 2 is 2.18 bits per heavy atom. The molecule has 0 fully saturated rings. The van der Waals surface area contributed by atoms with Gasteiger partial charge in [0.2, 0.25) is 5.88 Å². The van der Waals surface area contributed by atoms with Crippen molar-refractivity contribution >= 4 is 39.4 Å². The number of nitriles is 1. The Balaban J connectivity index is 2.56. The van der Waals surface area contributed by atoms with Crippen molar-refractivity contribution in [3.05, 3.63) is 54.7 Å². The van der Waals surface area contributed by atoms with Gasteiger partial charge in [-0.2, -0.15) is 5.26 Å². The van der Waals surface area contributed by atoms with Gasteiger partial charge in [0, 0.05) is 17.7 Å². The summed E-state index contributed by atoms with van der Waals surface area (Å²) in [7, 11) is 1.39. The number of hydrogen-bond donors (Lipinski definition) is 1. The Morgan fingerprint density at radius 1 is 1.50 bits per heavy atom. The molecule has 2 aromatic rings. The minimum Gasteiger partial charge on any atom is -0.494 e. The standard InChI is InChI=1S/C15H11BrClN3O2/c1-8-10(6-18)14(21)20(2)15(22)11(8)7-19-9-3-4-12(16)13(17)5-9/h3-5,7,22H,1-2H3. The molecule has 22 heavy (non-hydrogen) atoms. The summed E-state index contributed by atoms with van der Waals surface area (Å²) in [5.74, 6) is -0.242. The third kappa shape index (κ3) is 2.91. The van der Waals surface area contributed by atoms with E-state index in [1.807, 2.05) is 6.07 Å². The Kier molecular flexibility index (Phi) is 4.69. The van der Waals surface area contributed by atoms with E-state index in [1.165, 1.54) is 13.3 Å². The van der Waals surface area contributed by atoms with Crippen molar-refractivity contribution < 1.29 is 5.11 Å². The van der Waals surface area contributed by atoms with Gasteiger partial charge in [-0.3, -0.25) is 14.4 Å². The van der Waals surface area contributed by atoms with Crippen LogP contribution in [0.3, 0.4) is 0 Å². The molecule has 7 heteroatoms. The van der Waals surface area contributed by atoms with Gasteiger partial charge in [-0.15, -0.1) is 0 Å². The molecule has 2 rings (SSSR count). The predicted molar refractivity (Wildman–Crippen MR) is 89.2 cm³/mol. The van der Waals surface area contributed by atoms with Gasteiger partial charge in [0.1, 0.15) is 11.6 Å².